The Morgan fingerprint density at radius 3 is 2.63 bits per heavy atom. The van der Waals surface area contributed by atoms with Crippen LogP contribution >= 0.6 is 11.8 Å². The molecule has 2 aromatic heterocycles. The van der Waals surface area contributed by atoms with E-state index in [0.717, 1.165) is 48.7 Å². The number of rotatable bonds is 9. The SMILES string of the molecule is CCCCCCC#Cc1cncc(-c2nnc(SCc3cc([N+](=O)[O-])cc(C(F)(F)F)c3)n2C)c1. The van der Waals surface area contributed by atoms with Crippen LogP contribution in [0.15, 0.2) is 41.8 Å². The van der Waals surface area contributed by atoms with Gasteiger partial charge >= 0.3 is 6.18 Å². The minimum Gasteiger partial charge on any atom is -0.305 e. The third-order valence-corrected chi connectivity index (χ3v) is 6.19. The first-order chi connectivity index (χ1) is 16.7. The van der Waals surface area contributed by atoms with Gasteiger partial charge in [0.2, 0.25) is 0 Å². The van der Waals surface area contributed by atoms with Crippen molar-refractivity contribution in [3.05, 3.63) is 63.5 Å². The Bertz CT molecular complexity index is 1250. The van der Waals surface area contributed by atoms with Gasteiger partial charge in [0.25, 0.3) is 5.69 Å². The van der Waals surface area contributed by atoms with Gasteiger partial charge in [0.05, 0.1) is 10.5 Å². The number of unbranched alkanes of at least 4 members (excludes halogenated alkanes) is 4. The molecule has 3 aromatic rings. The molecule has 0 spiro atoms. The zero-order valence-corrected chi connectivity index (χ0v) is 20.1. The molecule has 0 fully saturated rings. The Morgan fingerprint density at radius 1 is 1.11 bits per heavy atom. The van der Waals surface area contributed by atoms with Crippen LogP contribution < -0.4 is 0 Å². The second kappa shape index (κ2) is 11.8. The summed E-state index contributed by atoms with van der Waals surface area (Å²) in [5.41, 5.74) is -0.0384. The molecule has 0 aliphatic heterocycles. The lowest BCUT2D eigenvalue weighted by Gasteiger charge is -2.09. The van der Waals surface area contributed by atoms with Gasteiger partial charge < -0.3 is 4.57 Å². The minimum absolute atomic E-state index is 0.0541. The molecule has 0 amide bonds. The maximum Gasteiger partial charge on any atom is 0.416 e. The van der Waals surface area contributed by atoms with Crippen LogP contribution in [0.25, 0.3) is 11.4 Å². The Morgan fingerprint density at radius 2 is 1.91 bits per heavy atom. The van der Waals surface area contributed by atoms with Gasteiger partial charge in [0, 0.05) is 54.9 Å². The first kappa shape index (κ1) is 26.2. The van der Waals surface area contributed by atoms with E-state index in [-0.39, 0.29) is 11.3 Å². The molecule has 0 saturated carbocycles. The molecule has 2 heterocycles. The first-order valence-electron chi connectivity index (χ1n) is 11.0. The number of hydrogen-bond donors (Lipinski definition) is 0. The Labute approximate surface area is 205 Å². The summed E-state index contributed by atoms with van der Waals surface area (Å²) in [5, 5.41) is 19.8. The van der Waals surface area contributed by atoms with Crippen molar-refractivity contribution in [3.63, 3.8) is 0 Å². The average molecular weight is 504 g/mol. The monoisotopic (exact) mass is 503 g/mol. The highest BCUT2D eigenvalue weighted by Gasteiger charge is 2.32. The number of thioether (sulfide) groups is 1. The number of aromatic nitrogens is 4. The molecule has 0 aliphatic rings. The number of non-ortho nitro benzene ring substituents is 1. The van der Waals surface area contributed by atoms with Crippen molar-refractivity contribution < 1.29 is 18.1 Å². The molecular formula is C24H24F3N5O2S. The summed E-state index contributed by atoms with van der Waals surface area (Å²) in [5.74, 6) is 6.86. The van der Waals surface area contributed by atoms with Crippen LogP contribution in [0, 0.1) is 22.0 Å². The molecule has 7 nitrogen and oxygen atoms in total. The average Bonchev–Trinajstić information content (AvgIpc) is 3.19. The van der Waals surface area contributed by atoms with Gasteiger partial charge in [-0.2, -0.15) is 13.2 Å². The number of pyridine rings is 1. The molecule has 3 rings (SSSR count). The third kappa shape index (κ3) is 7.29. The topological polar surface area (TPSA) is 86.7 Å². The van der Waals surface area contributed by atoms with Gasteiger partial charge in [0.1, 0.15) is 0 Å². The van der Waals surface area contributed by atoms with Gasteiger partial charge in [-0.25, -0.2) is 0 Å². The molecule has 0 atom stereocenters. The van der Waals surface area contributed by atoms with Crippen molar-refractivity contribution >= 4 is 17.4 Å². The minimum atomic E-state index is -4.68. The number of alkyl halides is 3. The van der Waals surface area contributed by atoms with E-state index in [1.54, 1.807) is 24.0 Å². The Balaban J connectivity index is 1.73. The molecule has 0 unspecified atom stereocenters. The predicted octanol–water partition coefficient (Wildman–Crippen LogP) is 6.42. The normalized spacial score (nSPS) is 11.2. The highest BCUT2D eigenvalue weighted by molar-refractivity contribution is 7.98. The number of benzene rings is 1. The molecule has 0 N–H and O–H groups in total. The molecule has 35 heavy (non-hydrogen) atoms. The molecule has 0 saturated heterocycles. The molecule has 0 radical (unpaired) electrons. The summed E-state index contributed by atoms with van der Waals surface area (Å²) in [4.78, 5) is 14.5. The first-order valence-corrected chi connectivity index (χ1v) is 12.0. The van der Waals surface area contributed by atoms with Gasteiger partial charge in [-0.1, -0.05) is 49.8 Å². The van der Waals surface area contributed by atoms with Gasteiger partial charge in [-0.05, 0) is 24.1 Å². The van der Waals surface area contributed by atoms with E-state index < -0.39 is 22.4 Å². The maximum absolute atomic E-state index is 13.1. The van der Waals surface area contributed by atoms with Crippen molar-refractivity contribution in [3.8, 4) is 23.2 Å². The van der Waals surface area contributed by atoms with E-state index >= 15 is 0 Å². The van der Waals surface area contributed by atoms with Crippen LogP contribution in [0.4, 0.5) is 18.9 Å². The summed E-state index contributed by atoms with van der Waals surface area (Å²) in [6.07, 6.45) is 4.06. The van der Waals surface area contributed by atoms with Crippen LogP contribution in [0.3, 0.4) is 0 Å². The smallest absolute Gasteiger partial charge is 0.305 e. The summed E-state index contributed by atoms with van der Waals surface area (Å²) in [6.45, 7) is 2.16. The number of hydrogen-bond acceptors (Lipinski definition) is 6. The molecule has 184 valence electrons. The van der Waals surface area contributed by atoms with E-state index in [2.05, 4.69) is 33.9 Å². The summed E-state index contributed by atoms with van der Waals surface area (Å²) >= 11 is 1.13. The van der Waals surface area contributed by atoms with Gasteiger partial charge in [-0.15, -0.1) is 10.2 Å². The van der Waals surface area contributed by atoms with Crippen molar-refractivity contribution in [1.29, 1.82) is 0 Å². The maximum atomic E-state index is 13.1. The largest absolute Gasteiger partial charge is 0.416 e. The Hall–Kier alpha value is -3.39. The molecule has 11 heteroatoms. The lowest BCUT2D eigenvalue weighted by molar-refractivity contribution is -0.385. The van der Waals surface area contributed by atoms with E-state index in [4.69, 9.17) is 0 Å². The molecule has 0 aliphatic carbocycles. The number of halogens is 3. The van der Waals surface area contributed by atoms with E-state index in [1.807, 2.05) is 6.07 Å². The highest BCUT2D eigenvalue weighted by Crippen LogP contribution is 2.34. The van der Waals surface area contributed by atoms with Crippen LogP contribution in [0.1, 0.15) is 55.7 Å². The second-order valence-corrected chi connectivity index (χ2v) is 8.81. The van der Waals surface area contributed by atoms with E-state index in [9.17, 15) is 23.3 Å². The zero-order valence-electron chi connectivity index (χ0n) is 19.3. The fraction of sp³-hybridized carbons (Fsp3) is 0.375. The summed E-state index contributed by atoms with van der Waals surface area (Å²) in [7, 11) is 1.73. The third-order valence-electron chi connectivity index (χ3n) is 5.10. The van der Waals surface area contributed by atoms with Crippen molar-refractivity contribution in [2.75, 3.05) is 0 Å². The van der Waals surface area contributed by atoms with E-state index in [1.165, 1.54) is 12.8 Å². The van der Waals surface area contributed by atoms with Crippen molar-refractivity contribution in [2.24, 2.45) is 7.05 Å². The molecule has 1 aromatic carbocycles. The van der Waals surface area contributed by atoms with Crippen LogP contribution in [-0.2, 0) is 19.0 Å². The molecule has 0 bridgehead atoms. The predicted molar refractivity (Wildman–Crippen MR) is 128 cm³/mol. The standard InChI is InChI=1S/C24H24F3N5O2S/c1-3-4-5-6-7-8-9-17-10-19(15-28-14-17)22-29-30-23(31(22)2)35-16-18-11-20(24(25,26)27)13-21(12-18)32(33)34/h10-15H,3-7,16H2,1-2H3. The fourth-order valence-electron chi connectivity index (χ4n) is 3.30. The van der Waals surface area contributed by atoms with Crippen LogP contribution in [0.2, 0.25) is 0 Å². The zero-order chi connectivity index (χ0) is 25.4. The lowest BCUT2D eigenvalue weighted by Crippen LogP contribution is -2.06. The van der Waals surface area contributed by atoms with Crippen LogP contribution in [-0.4, -0.2) is 24.7 Å². The quantitative estimate of drug-likeness (QED) is 0.110. The number of nitro groups is 1. The van der Waals surface area contributed by atoms with E-state index in [0.29, 0.717) is 22.6 Å². The number of nitro benzene ring substituents is 1. The van der Waals surface area contributed by atoms with Crippen molar-refractivity contribution in [2.45, 2.75) is 56.1 Å². The highest BCUT2D eigenvalue weighted by atomic mass is 32.2. The van der Waals surface area contributed by atoms with Gasteiger partial charge in [-0.3, -0.25) is 15.1 Å². The van der Waals surface area contributed by atoms with Crippen LogP contribution in [0.5, 0.6) is 0 Å². The van der Waals surface area contributed by atoms with Crippen molar-refractivity contribution in [1.82, 2.24) is 19.7 Å². The number of nitrogens with zero attached hydrogens (tertiary/aromatic N) is 5. The van der Waals surface area contributed by atoms with Gasteiger partial charge in [0.15, 0.2) is 11.0 Å². The summed E-state index contributed by atoms with van der Waals surface area (Å²) < 4.78 is 41.1. The lowest BCUT2D eigenvalue weighted by atomic mass is 10.1. The summed E-state index contributed by atoms with van der Waals surface area (Å²) in [6, 6.07) is 4.43. The fourth-order valence-corrected chi connectivity index (χ4v) is 4.14. The molecular weight excluding hydrogens is 479 g/mol. The Kier molecular flexibility index (Phi) is 8.87. The second-order valence-electron chi connectivity index (χ2n) is 7.87.